The van der Waals surface area contributed by atoms with Crippen molar-refractivity contribution in [2.24, 2.45) is 0 Å². The maximum atomic E-state index is 13.7. The van der Waals surface area contributed by atoms with E-state index in [1.54, 1.807) is 0 Å². The molecule has 1 aromatic heterocycles. The summed E-state index contributed by atoms with van der Waals surface area (Å²) in [6.45, 7) is -0.0148. The van der Waals surface area contributed by atoms with E-state index in [0.29, 0.717) is 0 Å². The average Bonchev–Trinajstić information content (AvgIpc) is 2.81. The fraction of sp³-hybridized carbons (Fsp3) is 0.273. The van der Waals surface area contributed by atoms with Crippen LogP contribution in [-0.2, 0) is 12.1 Å². The van der Waals surface area contributed by atoms with E-state index in [1.807, 2.05) is 0 Å². The highest BCUT2D eigenvalue weighted by Crippen LogP contribution is 2.27. The monoisotopic (exact) mass is 271 g/mol. The summed E-state index contributed by atoms with van der Waals surface area (Å²) in [5.74, 6) is -1.54. The number of benzene rings is 1. The standard InChI is InChI=1S/C11H11F2N3OS/c12-8-1-2-9(10(13)3-8)11(17,5-18)4-16-7-14-6-15-16/h1-3,6-7,17-18H,4-5H2. The van der Waals surface area contributed by atoms with E-state index in [0.717, 1.165) is 12.1 Å². The van der Waals surface area contributed by atoms with Crippen LogP contribution in [0.3, 0.4) is 0 Å². The predicted molar refractivity (Wildman–Crippen MR) is 64.1 cm³/mol. The molecule has 2 aromatic rings. The van der Waals surface area contributed by atoms with Crippen LogP contribution in [0, 0.1) is 11.6 Å². The smallest absolute Gasteiger partial charge is 0.137 e. The van der Waals surface area contributed by atoms with E-state index in [1.165, 1.54) is 23.4 Å². The second-order valence-corrected chi connectivity index (χ2v) is 4.22. The quantitative estimate of drug-likeness (QED) is 0.826. The Morgan fingerprint density at radius 2 is 2.17 bits per heavy atom. The van der Waals surface area contributed by atoms with Gasteiger partial charge in [0.1, 0.15) is 29.9 Å². The zero-order chi connectivity index (χ0) is 13.2. The third-order valence-corrected chi connectivity index (χ3v) is 3.11. The minimum atomic E-state index is -1.57. The maximum Gasteiger partial charge on any atom is 0.137 e. The number of rotatable bonds is 4. The topological polar surface area (TPSA) is 50.9 Å². The normalized spacial score (nSPS) is 14.4. The molecule has 4 nitrogen and oxygen atoms in total. The molecule has 7 heteroatoms. The number of hydrogen-bond acceptors (Lipinski definition) is 4. The number of nitrogens with zero attached hydrogens (tertiary/aromatic N) is 3. The largest absolute Gasteiger partial charge is 0.382 e. The van der Waals surface area contributed by atoms with E-state index < -0.39 is 17.2 Å². The lowest BCUT2D eigenvalue weighted by Crippen LogP contribution is -2.34. The van der Waals surface area contributed by atoms with Crippen molar-refractivity contribution < 1.29 is 13.9 Å². The van der Waals surface area contributed by atoms with Gasteiger partial charge in [0.15, 0.2) is 0 Å². The van der Waals surface area contributed by atoms with Crippen molar-refractivity contribution in [2.45, 2.75) is 12.1 Å². The van der Waals surface area contributed by atoms with Gasteiger partial charge in [-0.3, -0.25) is 0 Å². The van der Waals surface area contributed by atoms with E-state index >= 15 is 0 Å². The highest BCUT2D eigenvalue weighted by Gasteiger charge is 2.31. The summed E-state index contributed by atoms with van der Waals surface area (Å²) in [5, 5.41) is 14.2. The molecule has 96 valence electrons. The van der Waals surface area contributed by atoms with Gasteiger partial charge in [0.25, 0.3) is 0 Å². The molecule has 0 bridgehead atoms. The molecule has 1 atom stereocenters. The zero-order valence-corrected chi connectivity index (χ0v) is 10.2. The maximum absolute atomic E-state index is 13.7. The Balaban J connectivity index is 2.36. The lowest BCUT2D eigenvalue weighted by Gasteiger charge is -2.26. The van der Waals surface area contributed by atoms with E-state index in [4.69, 9.17) is 0 Å². The van der Waals surface area contributed by atoms with Crippen molar-refractivity contribution >= 4 is 12.6 Å². The minimum Gasteiger partial charge on any atom is -0.382 e. The van der Waals surface area contributed by atoms with Gasteiger partial charge < -0.3 is 5.11 Å². The summed E-state index contributed by atoms with van der Waals surface area (Å²) in [5.41, 5.74) is -1.59. The SMILES string of the molecule is OC(CS)(Cn1cncn1)c1ccc(F)cc1F. The van der Waals surface area contributed by atoms with Crippen LogP contribution in [0.1, 0.15) is 5.56 Å². The Bertz CT molecular complexity index is 535. The molecule has 1 heterocycles. The highest BCUT2D eigenvalue weighted by atomic mass is 32.1. The van der Waals surface area contributed by atoms with E-state index in [-0.39, 0.29) is 17.9 Å². The van der Waals surface area contributed by atoms with Crippen molar-refractivity contribution in [3.8, 4) is 0 Å². The molecule has 2 rings (SSSR count). The number of halogens is 2. The fourth-order valence-corrected chi connectivity index (χ4v) is 1.94. The summed E-state index contributed by atoms with van der Waals surface area (Å²) < 4.78 is 27.9. The van der Waals surface area contributed by atoms with Crippen molar-refractivity contribution in [1.82, 2.24) is 14.8 Å². The number of aromatic nitrogens is 3. The first kappa shape index (κ1) is 13.0. The number of thiol groups is 1. The third kappa shape index (κ3) is 2.51. The second kappa shape index (κ2) is 5.03. The van der Waals surface area contributed by atoms with E-state index in [2.05, 4.69) is 22.7 Å². The van der Waals surface area contributed by atoms with E-state index in [9.17, 15) is 13.9 Å². The molecule has 0 radical (unpaired) electrons. The molecular formula is C11H11F2N3OS. The molecule has 1 N–H and O–H groups in total. The van der Waals surface area contributed by atoms with Crippen molar-refractivity contribution in [2.75, 3.05) is 5.75 Å². The molecule has 0 saturated carbocycles. The summed E-state index contributed by atoms with van der Waals surface area (Å²) in [6, 6.07) is 3.02. The van der Waals surface area contributed by atoms with Gasteiger partial charge in [0.05, 0.1) is 6.54 Å². The highest BCUT2D eigenvalue weighted by molar-refractivity contribution is 7.80. The minimum absolute atomic E-state index is 0.0148. The number of hydrogen-bond donors (Lipinski definition) is 2. The Labute approximate surface area is 108 Å². The second-order valence-electron chi connectivity index (χ2n) is 3.91. The Kier molecular flexibility index (Phi) is 3.63. The van der Waals surface area contributed by atoms with Crippen LogP contribution in [0.25, 0.3) is 0 Å². The van der Waals surface area contributed by atoms with Crippen LogP contribution in [0.15, 0.2) is 30.9 Å². The van der Waals surface area contributed by atoms with Crippen LogP contribution >= 0.6 is 12.6 Å². The van der Waals surface area contributed by atoms with Crippen LogP contribution < -0.4 is 0 Å². The molecule has 1 unspecified atom stereocenters. The third-order valence-electron chi connectivity index (χ3n) is 2.58. The van der Waals surface area contributed by atoms with Gasteiger partial charge in [-0.05, 0) is 6.07 Å². The first-order chi connectivity index (χ1) is 8.55. The predicted octanol–water partition coefficient (Wildman–Crippen LogP) is 1.37. The molecule has 0 saturated heterocycles. The van der Waals surface area contributed by atoms with Gasteiger partial charge in [-0.15, -0.1) is 0 Å². The van der Waals surface area contributed by atoms with Crippen LogP contribution in [0.2, 0.25) is 0 Å². The Hall–Kier alpha value is -1.47. The van der Waals surface area contributed by atoms with Crippen molar-refractivity contribution in [1.29, 1.82) is 0 Å². The van der Waals surface area contributed by atoms with Gasteiger partial charge in [-0.25, -0.2) is 18.4 Å². The van der Waals surface area contributed by atoms with Gasteiger partial charge >= 0.3 is 0 Å². The molecule has 1 aromatic carbocycles. The molecule has 0 aliphatic carbocycles. The van der Waals surface area contributed by atoms with Crippen LogP contribution in [-0.4, -0.2) is 25.6 Å². The fourth-order valence-electron chi connectivity index (χ4n) is 1.67. The van der Waals surface area contributed by atoms with Gasteiger partial charge in [-0.2, -0.15) is 17.7 Å². The molecule has 18 heavy (non-hydrogen) atoms. The molecule has 0 aliphatic heterocycles. The van der Waals surface area contributed by atoms with Crippen LogP contribution in [0.5, 0.6) is 0 Å². The lowest BCUT2D eigenvalue weighted by molar-refractivity contribution is 0.0364. The van der Waals surface area contributed by atoms with Gasteiger partial charge in [-0.1, -0.05) is 6.07 Å². The molecule has 0 amide bonds. The summed E-state index contributed by atoms with van der Waals surface area (Å²) in [7, 11) is 0. The molecule has 0 fully saturated rings. The first-order valence-electron chi connectivity index (χ1n) is 5.16. The number of aliphatic hydroxyl groups is 1. The summed E-state index contributed by atoms with van der Waals surface area (Å²) in [6.07, 6.45) is 2.70. The Morgan fingerprint density at radius 3 is 2.72 bits per heavy atom. The first-order valence-corrected chi connectivity index (χ1v) is 5.79. The van der Waals surface area contributed by atoms with Gasteiger partial charge in [0.2, 0.25) is 0 Å². The molecule has 0 spiro atoms. The Morgan fingerprint density at radius 1 is 1.39 bits per heavy atom. The van der Waals surface area contributed by atoms with Gasteiger partial charge in [0, 0.05) is 17.4 Å². The zero-order valence-electron chi connectivity index (χ0n) is 9.29. The summed E-state index contributed by atoms with van der Waals surface area (Å²) in [4.78, 5) is 3.73. The molecular weight excluding hydrogens is 260 g/mol. The molecule has 0 aliphatic rings. The van der Waals surface area contributed by atoms with Crippen molar-refractivity contribution in [3.63, 3.8) is 0 Å². The lowest BCUT2D eigenvalue weighted by atomic mass is 9.95. The van der Waals surface area contributed by atoms with Crippen LogP contribution in [0.4, 0.5) is 8.78 Å². The average molecular weight is 271 g/mol. The summed E-state index contributed by atoms with van der Waals surface area (Å²) >= 11 is 4.03. The van der Waals surface area contributed by atoms with Crippen molar-refractivity contribution in [3.05, 3.63) is 48.1 Å².